The van der Waals surface area contributed by atoms with E-state index >= 15 is 0 Å². The van der Waals surface area contributed by atoms with Gasteiger partial charge >= 0.3 is 6.09 Å². The fourth-order valence-electron chi connectivity index (χ4n) is 5.14. The van der Waals surface area contributed by atoms with Crippen molar-refractivity contribution in [2.24, 2.45) is 0 Å². The van der Waals surface area contributed by atoms with Crippen LogP contribution >= 0.6 is 11.6 Å². The van der Waals surface area contributed by atoms with Gasteiger partial charge < -0.3 is 20.4 Å². The minimum absolute atomic E-state index is 0.200. The van der Waals surface area contributed by atoms with Crippen molar-refractivity contribution in [1.29, 1.82) is 0 Å². The van der Waals surface area contributed by atoms with Crippen molar-refractivity contribution in [2.75, 3.05) is 17.7 Å². The number of amides is 3. The van der Waals surface area contributed by atoms with Crippen molar-refractivity contribution in [3.05, 3.63) is 101 Å². The molecule has 1 aliphatic rings. The van der Waals surface area contributed by atoms with Gasteiger partial charge in [0, 0.05) is 45.7 Å². The van der Waals surface area contributed by atoms with Crippen molar-refractivity contribution in [3.8, 4) is 16.9 Å². The van der Waals surface area contributed by atoms with Crippen LogP contribution in [0.3, 0.4) is 0 Å². The monoisotopic (exact) mass is 652 g/mol. The van der Waals surface area contributed by atoms with Crippen LogP contribution in [-0.2, 0) is 27.2 Å². The van der Waals surface area contributed by atoms with Gasteiger partial charge in [-0.25, -0.2) is 9.78 Å². The van der Waals surface area contributed by atoms with Gasteiger partial charge in [-0.05, 0) is 84.3 Å². The summed E-state index contributed by atoms with van der Waals surface area (Å²) in [5.41, 5.74) is 5.03. The minimum Gasteiger partial charge on any atom is -0.453 e. The summed E-state index contributed by atoms with van der Waals surface area (Å²) in [7, 11) is 1.27. The number of hydrogen-bond acceptors (Lipinski definition) is 9. The number of rotatable bonds is 5. The van der Waals surface area contributed by atoms with Crippen LogP contribution in [0.1, 0.15) is 41.7 Å². The number of carbonyl (C=O) groups is 3. The van der Waals surface area contributed by atoms with E-state index in [4.69, 9.17) is 21.3 Å². The van der Waals surface area contributed by atoms with Crippen LogP contribution in [0.15, 0.2) is 73.2 Å². The van der Waals surface area contributed by atoms with Gasteiger partial charge in [-0.1, -0.05) is 17.7 Å². The number of pyridine rings is 1. The number of aromatic amines is 1. The Morgan fingerprint density at radius 2 is 1.94 bits per heavy atom. The summed E-state index contributed by atoms with van der Waals surface area (Å²) in [6, 6.07) is 15.5. The molecule has 47 heavy (non-hydrogen) atoms. The Balaban J connectivity index is 1.31. The number of methoxy groups -OCH3 is 1. The molecule has 0 aliphatic carbocycles. The highest BCUT2D eigenvalue weighted by molar-refractivity contribution is 6.30. The standard InChI is InChI=1S/C32H29ClN10O4/c1-47-32(46)37-23-7-10-24-26(16-23)39-30(45)14-9-22-4-2-3-21(36-22)8-11-25(31-34-17-27(24)40-31)38-29(44)13-5-19-15-20(33)6-12-28(19)43-18-35-41-42-43/h2-7,10,12-13,15-18,25H,8-9,11,14H2,1H3,(H,34,40)(H,37,46)(H,38,44)(H,39,45). The Morgan fingerprint density at radius 3 is 2.74 bits per heavy atom. The summed E-state index contributed by atoms with van der Waals surface area (Å²) in [6.07, 6.45) is 7.17. The molecule has 14 nitrogen and oxygen atoms in total. The highest BCUT2D eigenvalue weighted by Crippen LogP contribution is 2.32. The molecule has 1 aliphatic heterocycles. The van der Waals surface area contributed by atoms with Crippen molar-refractivity contribution < 1.29 is 19.1 Å². The number of imidazole rings is 1. The third-order valence-electron chi connectivity index (χ3n) is 7.42. The Kier molecular flexibility index (Phi) is 9.29. The molecule has 5 aromatic rings. The van der Waals surface area contributed by atoms with Gasteiger partial charge in [-0.2, -0.15) is 4.68 Å². The minimum atomic E-state index is -0.641. The molecule has 3 aromatic heterocycles. The molecule has 0 saturated heterocycles. The first-order valence-corrected chi connectivity index (χ1v) is 15.0. The van der Waals surface area contributed by atoms with Crippen molar-refractivity contribution in [1.82, 2.24) is 40.5 Å². The number of carbonyl (C=O) groups excluding carboxylic acids is 3. The molecule has 4 bridgehead atoms. The zero-order chi connectivity index (χ0) is 32.8. The second-order valence-electron chi connectivity index (χ2n) is 10.6. The Labute approximate surface area is 273 Å². The molecule has 6 rings (SSSR count). The second-order valence-corrected chi connectivity index (χ2v) is 11.1. The van der Waals surface area contributed by atoms with Gasteiger partial charge in [0.15, 0.2) is 0 Å². The average Bonchev–Trinajstić information content (AvgIpc) is 3.78. The SMILES string of the molecule is COC(=O)Nc1ccc2c(c1)NC(=O)CCc1cccc(n1)CCC(NC(=O)C=Cc1cc(Cl)ccc1-n1cnnn1)c1ncc-2[nH]1. The lowest BCUT2D eigenvalue weighted by Crippen LogP contribution is -2.28. The first-order valence-electron chi connectivity index (χ1n) is 14.6. The number of aryl methyl sites for hydroxylation is 2. The molecule has 1 atom stereocenters. The summed E-state index contributed by atoms with van der Waals surface area (Å²) in [5, 5.41) is 20.4. The fourth-order valence-corrected chi connectivity index (χ4v) is 5.32. The lowest BCUT2D eigenvalue weighted by Gasteiger charge is -2.16. The number of H-pyrrole nitrogens is 1. The number of anilines is 2. The second kappa shape index (κ2) is 14.0. The number of hydrogen-bond donors (Lipinski definition) is 4. The van der Waals surface area contributed by atoms with Gasteiger partial charge in [-0.3, -0.25) is 19.9 Å². The Morgan fingerprint density at radius 1 is 1.09 bits per heavy atom. The highest BCUT2D eigenvalue weighted by atomic mass is 35.5. The Hall–Kier alpha value is -5.89. The van der Waals surface area contributed by atoms with Crippen LogP contribution in [0.4, 0.5) is 16.2 Å². The molecule has 0 spiro atoms. The fraction of sp³-hybridized carbons (Fsp3) is 0.188. The average molecular weight is 653 g/mol. The van der Waals surface area contributed by atoms with Crippen LogP contribution in [0.2, 0.25) is 5.02 Å². The predicted molar refractivity (Wildman–Crippen MR) is 174 cm³/mol. The highest BCUT2D eigenvalue weighted by Gasteiger charge is 2.21. The van der Waals surface area contributed by atoms with Gasteiger partial charge in [0.25, 0.3) is 0 Å². The molecule has 3 amide bonds. The number of nitrogens with one attached hydrogen (secondary N) is 4. The van der Waals surface area contributed by atoms with Crippen molar-refractivity contribution in [3.63, 3.8) is 0 Å². The number of ether oxygens (including phenoxy) is 1. The third kappa shape index (κ3) is 7.68. The molecular formula is C32H29ClN10O4. The summed E-state index contributed by atoms with van der Waals surface area (Å²) < 4.78 is 6.19. The maximum atomic E-state index is 13.3. The Bertz CT molecular complexity index is 1960. The van der Waals surface area contributed by atoms with Gasteiger partial charge in [0.05, 0.1) is 36.4 Å². The molecule has 15 heteroatoms. The molecule has 1 unspecified atom stereocenters. The summed E-state index contributed by atoms with van der Waals surface area (Å²) in [4.78, 5) is 50.9. The molecular weight excluding hydrogens is 624 g/mol. The van der Waals surface area contributed by atoms with Crippen LogP contribution < -0.4 is 16.0 Å². The van der Waals surface area contributed by atoms with E-state index in [-0.39, 0.29) is 18.2 Å². The smallest absolute Gasteiger partial charge is 0.411 e. The van der Waals surface area contributed by atoms with Crippen molar-refractivity contribution >= 4 is 47.0 Å². The van der Waals surface area contributed by atoms with Gasteiger partial charge in [0.1, 0.15) is 12.2 Å². The van der Waals surface area contributed by atoms with Crippen LogP contribution in [0, 0.1) is 0 Å². The van der Waals surface area contributed by atoms with Crippen LogP contribution in [0.5, 0.6) is 0 Å². The van der Waals surface area contributed by atoms with E-state index in [0.29, 0.717) is 64.0 Å². The van der Waals surface area contributed by atoms with Crippen molar-refractivity contribution in [2.45, 2.75) is 31.7 Å². The summed E-state index contributed by atoms with van der Waals surface area (Å²) in [5.74, 6) is -0.0662. The van der Waals surface area contributed by atoms with E-state index in [1.54, 1.807) is 48.7 Å². The maximum absolute atomic E-state index is 13.3. The third-order valence-corrected chi connectivity index (χ3v) is 7.65. The number of tetrazole rings is 1. The predicted octanol–water partition coefficient (Wildman–Crippen LogP) is 4.67. The lowest BCUT2D eigenvalue weighted by molar-refractivity contribution is -0.117. The van der Waals surface area contributed by atoms with E-state index in [0.717, 1.165) is 11.4 Å². The molecule has 2 aromatic carbocycles. The zero-order valence-electron chi connectivity index (χ0n) is 25.1. The largest absolute Gasteiger partial charge is 0.453 e. The molecule has 0 fully saturated rings. The molecule has 0 radical (unpaired) electrons. The van der Waals surface area contributed by atoms with E-state index < -0.39 is 12.1 Å². The summed E-state index contributed by atoms with van der Waals surface area (Å²) in [6.45, 7) is 0. The topological polar surface area (TPSA) is 182 Å². The summed E-state index contributed by atoms with van der Waals surface area (Å²) >= 11 is 6.24. The van der Waals surface area contributed by atoms with E-state index in [9.17, 15) is 14.4 Å². The normalized spacial score (nSPS) is 14.8. The van der Waals surface area contributed by atoms with E-state index in [1.165, 1.54) is 24.2 Å². The van der Waals surface area contributed by atoms with Gasteiger partial charge in [-0.15, -0.1) is 5.10 Å². The van der Waals surface area contributed by atoms with Crippen LogP contribution in [0.25, 0.3) is 23.0 Å². The maximum Gasteiger partial charge on any atom is 0.411 e. The quantitative estimate of drug-likeness (QED) is 0.196. The number of halogens is 1. The van der Waals surface area contributed by atoms with Crippen LogP contribution in [-0.4, -0.2) is 60.2 Å². The first kappa shape index (κ1) is 31.1. The number of nitrogens with zero attached hydrogens (tertiary/aromatic N) is 6. The van der Waals surface area contributed by atoms with Gasteiger partial charge in [0.2, 0.25) is 11.8 Å². The number of aromatic nitrogens is 7. The molecule has 4 N–H and O–H groups in total. The zero-order valence-corrected chi connectivity index (χ0v) is 25.9. The molecule has 0 saturated carbocycles. The lowest BCUT2D eigenvalue weighted by atomic mass is 10.1. The molecule has 238 valence electrons. The first-order chi connectivity index (χ1) is 22.8. The van der Waals surface area contributed by atoms with E-state index in [1.807, 2.05) is 18.2 Å². The number of fused-ring (bicyclic) bond motifs is 6. The van der Waals surface area contributed by atoms with E-state index in [2.05, 4.69) is 41.4 Å². The number of benzene rings is 2. The molecule has 4 heterocycles.